The van der Waals surface area contributed by atoms with Crippen molar-refractivity contribution in [3.8, 4) is 11.4 Å². The quantitative estimate of drug-likeness (QED) is 0.812. The summed E-state index contributed by atoms with van der Waals surface area (Å²) in [6, 6.07) is 3.99. The van der Waals surface area contributed by atoms with E-state index in [1.165, 1.54) is 6.33 Å². The van der Waals surface area contributed by atoms with Crippen LogP contribution < -0.4 is 15.5 Å². The molecule has 152 valence electrons. The lowest BCUT2D eigenvalue weighted by Gasteiger charge is -2.29. The average molecular weight is 402 g/mol. The maximum atomic E-state index is 13.7. The first-order valence-electron chi connectivity index (χ1n) is 9.69. The molecule has 2 fully saturated rings. The molecular formula is C19H20F2N6O2. The highest BCUT2D eigenvalue weighted by atomic mass is 19.3. The molecule has 2 N–H and O–H groups in total. The molecule has 8 nitrogen and oxygen atoms in total. The molecule has 10 heteroatoms. The van der Waals surface area contributed by atoms with Crippen LogP contribution in [0.4, 0.5) is 25.2 Å². The molecule has 0 spiro atoms. The van der Waals surface area contributed by atoms with Crippen molar-refractivity contribution < 1.29 is 18.3 Å². The number of anilines is 2. The minimum absolute atomic E-state index is 0.0406. The highest BCUT2D eigenvalue weighted by Crippen LogP contribution is 2.44. The smallest absolute Gasteiger partial charge is 0.413 e. The summed E-state index contributed by atoms with van der Waals surface area (Å²) < 4.78 is 32.2. The summed E-state index contributed by atoms with van der Waals surface area (Å²) in [6.45, 7) is 3.37. The van der Waals surface area contributed by atoms with Crippen LogP contribution in [0.15, 0.2) is 18.5 Å². The molecular weight excluding hydrogens is 382 g/mol. The number of hydrogen-bond donors (Lipinski definition) is 2. The molecule has 1 saturated carbocycles. The fourth-order valence-electron chi connectivity index (χ4n) is 3.81. The molecule has 29 heavy (non-hydrogen) atoms. The lowest BCUT2D eigenvalue weighted by atomic mass is 10.0. The standard InChI is InChI=1S/C19H20F2N6O2/c20-17(21)16-14-15(23-9-24-18(14)26-19(28)29-16)12-7-11(10-1-2-10)8-13(25-12)27-5-3-22-4-6-27/h7-10,16-17,22H,1-6H2,(H,23,24,26,28). The number of aromatic nitrogens is 3. The van der Waals surface area contributed by atoms with Gasteiger partial charge in [0.15, 0.2) is 6.10 Å². The Kier molecular flexibility index (Phi) is 4.50. The lowest BCUT2D eigenvalue weighted by molar-refractivity contribution is -0.0170. The minimum Gasteiger partial charge on any atom is -0.435 e. The number of nitrogens with one attached hydrogen (secondary N) is 2. The predicted octanol–water partition coefficient (Wildman–Crippen LogP) is 2.69. The van der Waals surface area contributed by atoms with E-state index in [-0.39, 0.29) is 17.1 Å². The number of hydrogen-bond acceptors (Lipinski definition) is 7. The van der Waals surface area contributed by atoms with Crippen LogP contribution in [0.1, 0.15) is 36.0 Å². The summed E-state index contributed by atoms with van der Waals surface area (Å²) in [4.78, 5) is 26.8. The van der Waals surface area contributed by atoms with Gasteiger partial charge in [-0.15, -0.1) is 0 Å². The number of piperazine rings is 1. The molecule has 1 amide bonds. The van der Waals surface area contributed by atoms with Gasteiger partial charge < -0.3 is 15.0 Å². The van der Waals surface area contributed by atoms with Crippen LogP contribution in [0, 0.1) is 0 Å². The van der Waals surface area contributed by atoms with E-state index in [1.54, 1.807) is 0 Å². The number of ether oxygens (including phenoxy) is 1. The first-order valence-corrected chi connectivity index (χ1v) is 9.69. The lowest BCUT2D eigenvalue weighted by Crippen LogP contribution is -2.44. The summed E-state index contributed by atoms with van der Waals surface area (Å²) in [5.41, 5.74) is 1.95. The Labute approximate surface area is 165 Å². The number of alkyl halides is 2. The van der Waals surface area contributed by atoms with Gasteiger partial charge in [0, 0.05) is 26.2 Å². The molecule has 2 aliphatic heterocycles. The van der Waals surface area contributed by atoms with Crippen molar-refractivity contribution in [3.05, 3.63) is 29.6 Å². The van der Waals surface area contributed by atoms with Crippen LogP contribution in [0.3, 0.4) is 0 Å². The Balaban J connectivity index is 1.63. The molecule has 4 heterocycles. The van der Waals surface area contributed by atoms with Crippen LogP contribution >= 0.6 is 0 Å². The van der Waals surface area contributed by atoms with Crippen molar-refractivity contribution in [1.29, 1.82) is 0 Å². The highest BCUT2D eigenvalue weighted by Gasteiger charge is 2.38. The second-order valence-electron chi connectivity index (χ2n) is 7.43. The molecule has 1 saturated heterocycles. The Morgan fingerprint density at radius 2 is 1.97 bits per heavy atom. The van der Waals surface area contributed by atoms with Crippen molar-refractivity contribution in [2.75, 3.05) is 36.4 Å². The SMILES string of the molecule is O=C1Nc2ncnc(-c3cc(C4CC4)cc(N4CCNCC4)n3)c2C(C(F)F)O1. The van der Waals surface area contributed by atoms with Gasteiger partial charge in [0.1, 0.15) is 23.7 Å². The number of carbonyl (C=O) groups excluding carboxylic acids is 1. The Morgan fingerprint density at radius 3 is 2.69 bits per heavy atom. The third-order valence-electron chi connectivity index (χ3n) is 5.42. The van der Waals surface area contributed by atoms with E-state index in [4.69, 9.17) is 9.72 Å². The normalized spacial score (nSPS) is 21.6. The first kappa shape index (κ1) is 18.2. The number of pyridine rings is 1. The largest absolute Gasteiger partial charge is 0.435 e. The topological polar surface area (TPSA) is 92.3 Å². The van der Waals surface area contributed by atoms with Gasteiger partial charge in [-0.25, -0.2) is 28.5 Å². The van der Waals surface area contributed by atoms with Crippen LogP contribution in [0.2, 0.25) is 0 Å². The number of carbonyl (C=O) groups is 1. The van der Waals surface area contributed by atoms with Crippen molar-refractivity contribution in [2.45, 2.75) is 31.3 Å². The summed E-state index contributed by atoms with van der Waals surface area (Å²) in [6.07, 6.45) is -2.13. The summed E-state index contributed by atoms with van der Waals surface area (Å²) >= 11 is 0. The number of fused-ring (bicyclic) bond motifs is 1. The van der Waals surface area contributed by atoms with E-state index in [0.29, 0.717) is 11.6 Å². The second-order valence-corrected chi connectivity index (χ2v) is 7.43. The summed E-state index contributed by atoms with van der Waals surface area (Å²) in [5, 5.41) is 5.70. The summed E-state index contributed by atoms with van der Waals surface area (Å²) in [5.74, 6) is 1.31. The van der Waals surface area contributed by atoms with E-state index in [2.05, 4.69) is 31.6 Å². The Hall–Kier alpha value is -2.88. The van der Waals surface area contributed by atoms with Gasteiger partial charge in [-0.3, -0.25) is 5.32 Å². The van der Waals surface area contributed by atoms with E-state index >= 15 is 0 Å². The fraction of sp³-hybridized carbons (Fsp3) is 0.474. The van der Waals surface area contributed by atoms with Gasteiger partial charge >= 0.3 is 6.09 Å². The number of cyclic esters (lactones) is 1. The van der Waals surface area contributed by atoms with Gasteiger partial charge in [0.25, 0.3) is 6.43 Å². The van der Waals surface area contributed by atoms with Crippen LogP contribution in [0.25, 0.3) is 11.4 Å². The molecule has 2 aromatic rings. The second kappa shape index (κ2) is 7.18. The van der Waals surface area contributed by atoms with Crippen molar-refractivity contribution >= 4 is 17.7 Å². The van der Waals surface area contributed by atoms with E-state index < -0.39 is 18.6 Å². The predicted molar refractivity (Wildman–Crippen MR) is 101 cm³/mol. The molecule has 1 atom stereocenters. The zero-order valence-electron chi connectivity index (χ0n) is 15.6. The first-order chi connectivity index (χ1) is 14.1. The van der Waals surface area contributed by atoms with Gasteiger partial charge in [0.05, 0.1) is 11.3 Å². The number of amides is 1. The molecule has 0 radical (unpaired) electrons. The highest BCUT2D eigenvalue weighted by molar-refractivity contribution is 5.88. The average Bonchev–Trinajstić information content (AvgIpc) is 3.58. The molecule has 0 bridgehead atoms. The Bertz CT molecular complexity index is 946. The molecule has 1 unspecified atom stereocenters. The zero-order valence-corrected chi connectivity index (χ0v) is 15.6. The minimum atomic E-state index is -2.90. The zero-order chi connectivity index (χ0) is 20.0. The van der Waals surface area contributed by atoms with Crippen molar-refractivity contribution in [3.63, 3.8) is 0 Å². The monoisotopic (exact) mass is 402 g/mol. The molecule has 5 rings (SSSR count). The van der Waals surface area contributed by atoms with Crippen molar-refractivity contribution in [2.24, 2.45) is 0 Å². The molecule has 3 aliphatic rings. The van der Waals surface area contributed by atoms with E-state index in [0.717, 1.165) is 50.4 Å². The third-order valence-corrected chi connectivity index (χ3v) is 5.42. The van der Waals surface area contributed by atoms with Crippen LogP contribution in [-0.4, -0.2) is 53.6 Å². The number of nitrogens with zero attached hydrogens (tertiary/aromatic N) is 4. The van der Waals surface area contributed by atoms with Crippen molar-refractivity contribution in [1.82, 2.24) is 20.3 Å². The maximum Gasteiger partial charge on any atom is 0.413 e. The van der Waals surface area contributed by atoms with Gasteiger partial charge in [-0.05, 0) is 36.5 Å². The fourth-order valence-corrected chi connectivity index (χ4v) is 3.81. The molecule has 0 aromatic carbocycles. The molecule has 1 aliphatic carbocycles. The summed E-state index contributed by atoms with van der Waals surface area (Å²) in [7, 11) is 0. The van der Waals surface area contributed by atoms with Gasteiger partial charge in [-0.2, -0.15) is 0 Å². The van der Waals surface area contributed by atoms with E-state index in [9.17, 15) is 13.6 Å². The third kappa shape index (κ3) is 3.48. The Morgan fingerprint density at radius 1 is 1.17 bits per heavy atom. The van der Waals surface area contributed by atoms with Gasteiger partial charge in [0.2, 0.25) is 0 Å². The number of rotatable bonds is 4. The van der Waals surface area contributed by atoms with Crippen LogP contribution in [-0.2, 0) is 4.74 Å². The molecule has 2 aromatic heterocycles. The maximum absolute atomic E-state index is 13.7. The van der Waals surface area contributed by atoms with Gasteiger partial charge in [-0.1, -0.05) is 0 Å². The number of halogens is 2. The van der Waals surface area contributed by atoms with E-state index in [1.807, 2.05) is 6.07 Å². The van der Waals surface area contributed by atoms with Crippen LogP contribution in [0.5, 0.6) is 0 Å².